The van der Waals surface area contributed by atoms with Gasteiger partial charge in [-0.2, -0.15) is 0 Å². The maximum absolute atomic E-state index is 12.4. The van der Waals surface area contributed by atoms with Crippen molar-refractivity contribution in [3.63, 3.8) is 0 Å². The molecule has 6 heteroatoms. The standard InChI is InChI=1S/C22H21Cl2NO3/c1-22(2)17-6-4-5-7-19(17)25(3)20(22)12-16(26)13-28-21(27)10-14-8-9-15(23)11-18(14)24/h4-9,11-12H,10,13H2,1-3H3/b20-12-. The molecule has 1 aliphatic heterocycles. The first-order chi connectivity index (χ1) is 13.2. The van der Waals surface area contributed by atoms with Crippen LogP contribution in [0.1, 0.15) is 25.0 Å². The number of allylic oxidation sites excluding steroid dienone is 1. The number of esters is 1. The Labute approximate surface area is 174 Å². The van der Waals surface area contributed by atoms with E-state index >= 15 is 0 Å². The summed E-state index contributed by atoms with van der Waals surface area (Å²) in [6.07, 6.45) is 1.54. The van der Waals surface area contributed by atoms with Gasteiger partial charge in [-0.25, -0.2) is 0 Å². The van der Waals surface area contributed by atoms with Crippen molar-refractivity contribution in [2.45, 2.75) is 25.7 Å². The fourth-order valence-corrected chi connectivity index (χ4v) is 3.95. The van der Waals surface area contributed by atoms with Gasteiger partial charge in [-0.05, 0) is 29.3 Å². The quantitative estimate of drug-likeness (QED) is 0.509. The maximum atomic E-state index is 12.4. The van der Waals surface area contributed by atoms with E-state index in [4.69, 9.17) is 27.9 Å². The number of ether oxygens (including phenoxy) is 1. The maximum Gasteiger partial charge on any atom is 0.310 e. The van der Waals surface area contributed by atoms with Gasteiger partial charge in [0.05, 0.1) is 6.42 Å². The second-order valence-corrected chi connectivity index (χ2v) is 8.11. The van der Waals surface area contributed by atoms with Crippen molar-refractivity contribution in [3.8, 4) is 0 Å². The monoisotopic (exact) mass is 417 g/mol. The van der Waals surface area contributed by atoms with Gasteiger partial charge in [-0.1, -0.05) is 61.3 Å². The predicted molar refractivity (Wildman–Crippen MR) is 112 cm³/mol. The number of carbonyl (C=O) groups excluding carboxylic acids is 2. The number of anilines is 1. The predicted octanol–water partition coefficient (Wildman–Crippen LogP) is 4.96. The Bertz CT molecular complexity index is 966. The molecular weight excluding hydrogens is 397 g/mol. The lowest BCUT2D eigenvalue weighted by Gasteiger charge is -2.23. The molecule has 0 saturated heterocycles. The SMILES string of the molecule is CN1/C(=C\C(=O)COC(=O)Cc2ccc(Cl)cc2Cl)C(C)(C)c2ccccc21. The lowest BCUT2D eigenvalue weighted by atomic mass is 9.83. The summed E-state index contributed by atoms with van der Waals surface area (Å²) in [4.78, 5) is 26.5. The van der Waals surface area contributed by atoms with Crippen LogP contribution in [0.15, 0.2) is 54.2 Å². The molecule has 0 saturated carbocycles. The number of likely N-dealkylation sites (N-methyl/N-ethyl adjacent to an activating group) is 1. The molecule has 0 atom stereocenters. The molecule has 0 amide bonds. The molecule has 0 aromatic heterocycles. The van der Waals surface area contributed by atoms with E-state index in [-0.39, 0.29) is 24.2 Å². The fourth-order valence-electron chi connectivity index (χ4n) is 3.48. The van der Waals surface area contributed by atoms with Crippen LogP contribution in [0.4, 0.5) is 5.69 Å². The third-order valence-electron chi connectivity index (χ3n) is 4.96. The number of hydrogen-bond donors (Lipinski definition) is 0. The Morgan fingerprint density at radius 2 is 1.86 bits per heavy atom. The molecule has 0 radical (unpaired) electrons. The Morgan fingerprint density at radius 1 is 1.14 bits per heavy atom. The van der Waals surface area contributed by atoms with Gasteiger partial charge in [-0.3, -0.25) is 9.59 Å². The van der Waals surface area contributed by atoms with Gasteiger partial charge in [0.2, 0.25) is 0 Å². The van der Waals surface area contributed by atoms with E-state index in [1.165, 1.54) is 0 Å². The smallest absolute Gasteiger partial charge is 0.310 e. The summed E-state index contributed by atoms with van der Waals surface area (Å²) in [5, 5.41) is 0.887. The van der Waals surface area contributed by atoms with Crippen molar-refractivity contribution in [2.75, 3.05) is 18.6 Å². The fraction of sp³-hybridized carbons (Fsp3) is 0.273. The van der Waals surface area contributed by atoms with Crippen molar-refractivity contribution in [3.05, 3.63) is 75.4 Å². The molecule has 0 aliphatic carbocycles. The van der Waals surface area contributed by atoms with Crippen molar-refractivity contribution in [2.24, 2.45) is 0 Å². The number of ketones is 1. The van der Waals surface area contributed by atoms with Gasteiger partial charge in [0.15, 0.2) is 12.4 Å². The molecule has 0 fully saturated rings. The van der Waals surface area contributed by atoms with Crippen LogP contribution in [-0.4, -0.2) is 25.4 Å². The molecule has 3 rings (SSSR count). The molecule has 1 aliphatic rings. The molecule has 0 spiro atoms. The Kier molecular flexibility index (Phi) is 5.82. The van der Waals surface area contributed by atoms with Gasteiger partial charge in [0, 0.05) is 40.0 Å². The first kappa shape index (κ1) is 20.4. The van der Waals surface area contributed by atoms with Crippen molar-refractivity contribution < 1.29 is 14.3 Å². The summed E-state index contributed by atoms with van der Waals surface area (Å²) in [6.45, 7) is 3.83. The van der Waals surface area contributed by atoms with Gasteiger partial charge >= 0.3 is 5.97 Å². The summed E-state index contributed by atoms with van der Waals surface area (Å²) in [7, 11) is 1.93. The highest BCUT2D eigenvalue weighted by molar-refractivity contribution is 6.35. The van der Waals surface area contributed by atoms with Crippen molar-refractivity contribution >= 4 is 40.6 Å². The third-order valence-corrected chi connectivity index (χ3v) is 5.55. The minimum absolute atomic E-state index is 0.0172. The second kappa shape index (κ2) is 7.98. The lowest BCUT2D eigenvalue weighted by Crippen LogP contribution is -2.25. The van der Waals surface area contributed by atoms with E-state index in [1.54, 1.807) is 24.3 Å². The van der Waals surface area contributed by atoms with Crippen LogP contribution < -0.4 is 4.90 Å². The van der Waals surface area contributed by atoms with E-state index in [2.05, 4.69) is 19.9 Å². The average molecular weight is 418 g/mol. The molecule has 2 aromatic rings. The van der Waals surface area contributed by atoms with E-state index in [0.717, 1.165) is 16.9 Å². The highest BCUT2D eigenvalue weighted by Gasteiger charge is 2.38. The summed E-state index contributed by atoms with van der Waals surface area (Å²) >= 11 is 11.9. The molecule has 1 heterocycles. The summed E-state index contributed by atoms with van der Waals surface area (Å²) in [5.41, 5.74) is 3.40. The van der Waals surface area contributed by atoms with E-state index in [9.17, 15) is 9.59 Å². The minimum Gasteiger partial charge on any atom is -0.457 e. The summed E-state index contributed by atoms with van der Waals surface area (Å²) < 4.78 is 5.14. The molecule has 0 unspecified atom stereocenters. The van der Waals surface area contributed by atoms with E-state index in [0.29, 0.717) is 15.6 Å². The van der Waals surface area contributed by atoms with Gasteiger partial charge in [0.25, 0.3) is 0 Å². The molecule has 0 bridgehead atoms. The van der Waals surface area contributed by atoms with Gasteiger partial charge in [0.1, 0.15) is 0 Å². The lowest BCUT2D eigenvalue weighted by molar-refractivity contribution is -0.146. The largest absolute Gasteiger partial charge is 0.457 e. The number of carbonyl (C=O) groups is 2. The molecule has 28 heavy (non-hydrogen) atoms. The Hall–Kier alpha value is -2.30. The highest BCUT2D eigenvalue weighted by atomic mass is 35.5. The zero-order valence-corrected chi connectivity index (χ0v) is 17.5. The summed E-state index contributed by atoms with van der Waals surface area (Å²) in [6, 6.07) is 12.9. The number of rotatable bonds is 5. The molecule has 2 aromatic carbocycles. The number of hydrogen-bond acceptors (Lipinski definition) is 4. The number of para-hydroxylation sites is 1. The minimum atomic E-state index is -0.515. The van der Waals surface area contributed by atoms with Crippen LogP contribution in [0.3, 0.4) is 0 Å². The van der Waals surface area contributed by atoms with Crippen LogP contribution in [0.5, 0.6) is 0 Å². The first-order valence-electron chi connectivity index (χ1n) is 8.88. The topological polar surface area (TPSA) is 46.6 Å². The van der Waals surface area contributed by atoms with Crippen molar-refractivity contribution in [1.29, 1.82) is 0 Å². The molecule has 4 nitrogen and oxygen atoms in total. The van der Waals surface area contributed by atoms with Crippen LogP contribution in [-0.2, 0) is 26.2 Å². The van der Waals surface area contributed by atoms with Gasteiger partial charge in [-0.15, -0.1) is 0 Å². The number of halogens is 2. The third kappa shape index (κ3) is 4.08. The molecule has 0 N–H and O–H groups in total. The molecule has 146 valence electrons. The zero-order valence-electron chi connectivity index (χ0n) is 16.0. The van der Waals surface area contributed by atoms with E-state index in [1.807, 2.05) is 30.1 Å². The second-order valence-electron chi connectivity index (χ2n) is 7.27. The Morgan fingerprint density at radius 3 is 2.54 bits per heavy atom. The molecular formula is C22H21Cl2NO3. The first-order valence-corrected chi connectivity index (χ1v) is 9.63. The average Bonchev–Trinajstić information content (AvgIpc) is 2.84. The number of fused-ring (bicyclic) bond motifs is 1. The normalized spacial score (nSPS) is 16.2. The number of benzene rings is 2. The van der Waals surface area contributed by atoms with Gasteiger partial charge < -0.3 is 9.64 Å². The summed E-state index contributed by atoms with van der Waals surface area (Å²) in [5.74, 6) is -0.781. The zero-order chi connectivity index (χ0) is 20.5. The Balaban J connectivity index is 1.65. The van der Waals surface area contributed by atoms with Crippen LogP contribution >= 0.6 is 23.2 Å². The van der Waals surface area contributed by atoms with Crippen LogP contribution in [0, 0.1) is 0 Å². The van der Waals surface area contributed by atoms with E-state index < -0.39 is 5.97 Å². The van der Waals surface area contributed by atoms with Crippen molar-refractivity contribution in [1.82, 2.24) is 0 Å². The highest BCUT2D eigenvalue weighted by Crippen LogP contribution is 2.46. The number of nitrogens with zero attached hydrogens (tertiary/aromatic N) is 1. The van der Waals surface area contributed by atoms with Crippen LogP contribution in [0.25, 0.3) is 0 Å². The van der Waals surface area contributed by atoms with Crippen LogP contribution in [0.2, 0.25) is 10.0 Å².